The second-order valence-electron chi connectivity index (χ2n) is 6.37. The van der Waals surface area contributed by atoms with Gasteiger partial charge in [0.25, 0.3) is 0 Å². The topological polar surface area (TPSA) is 41.5 Å². The number of methoxy groups -OCH3 is 1. The van der Waals surface area contributed by atoms with Crippen molar-refractivity contribution in [3.63, 3.8) is 0 Å². The SMILES string of the molecule is COc1nc(C)cc(N2CCC3(CCCN(C)C3)C2)n1. The van der Waals surface area contributed by atoms with Crippen LogP contribution in [0.1, 0.15) is 25.0 Å². The van der Waals surface area contributed by atoms with Crippen molar-refractivity contribution in [1.82, 2.24) is 14.9 Å². The van der Waals surface area contributed by atoms with Gasteiger partial charge < -0.3 is 14.5 Å². The zero-order valence-corrected chi connectivity index (χ0v) is 12.7. The van der Waals surface area contributed by atoms with Crippen LogP contribution in [0, 0.1) is 12.3 Å². The third-order valence-corrected chi connectivity index (χ3v) is 4.62. The maximum absolute atomic E-state index is 5.19. The predicted octanol–water partition coefficient (Wildman–Crippen LogP) is 1.72. The Hall–Kier alpha value is -1.36. The molecule has 2 aliphatic rings. The molecule has 0 radical (unpaired) electrons. The summed E-state index contributed by atoms with van der Waals surface area (Å²) in [6.45, 7) is 6.64. The maximum Gasteiger partial charge on any atom is 0.318 e. The van der Waals surface area contributed by atoms with Gasteiger partial charge in [0.05, 0.1) is 7.11 Å². The lowest BCUT2D eigenvalue weighted by Gasteiger charge is -2.38. The molecule has 0 amide bonds. The summed E-state index contributed by atoms with van der Waals surface area (Å²) in [7, 11) is 3.86. The second kappa shape index (κ2) is 5.20. The summed E-state index contributed by atoms with van der Waals surface area (Å²) >= 11 is 0. The molecule has 0 bridgehead atoms. The van der Waals surface area contributed by atoms with Gasteiger partial charge >= 0.3 is 6.01 Å². The van der Waals surface area contributed by atoms with Crippen LogP contribution in [0.25, 0.3) is 0 Å². The van der Waals surface area contributed by atoms with Gasteiger partial charge in [0.15, 0.2) is 0 Å². The van der Waals surface area contributed by atoms with Crippen molar-refractivity contribution in [2.45, 2.75) is 26.2 Å². The minimum atomic E-state index is 0.457. The zero-order chi connectivity index (χ0) is 14.2. The second-order valence-corrected chi connectivity index (χ2v) is 6.37. The minimum Gasteiger partial charge on any atom is -0.467 e. The molecule has 2 saturated heterocycles. The van der Waals surface area contributed by atoms with Crippen molar-refractivity contribution in [2.24, 2.45) is 5.41 Å². The van der Waals surface area contributed by atoms with Gasteiger partial charge in [-0.05, 0) is 39.8 Å². The Labute approximate surface area is 121 Å². The minimum absolute atomic E-state index is 0.457. The lowest BCUT2D eigenvalue weighted by molar-refractivity contribution is 0.128. The Morgan fingerprint density at radius 1 is 1.20 bits per heavy atom. The molecule has 1 aromatic rings. The molecule has 5 nitrogen and oxygen atoms in total. The molecule has 1 atom stereocenters. The monoisotopic (exact) mass is 276 g/mol. The molecule has 2 aliphatic heterocycles. The molecular formula is C15H24N4O. The molecule has 20 heavy (non-hydrogen) atoms. The highest BCUT2D eigenvalue weighted by Gasteiger charge is 2.41. The van der Waals surface area contributed by atoms with Crippen LogP contribution in [-0.2, 0) is 0 Å². The van der Waals surface area contributed by atoms with E-state index in [1.54, 1.807) is 7.11 Å². The molecule has 1 aromatic heterocycles. The first-order valence-corrected chi connectivity index (χ1v) is 7.43. The predicted molar refractivity (Wildman–Crippen MR) is 79.3 cm³/mol. The van der Waals surface area contributed by atoms with Gasteiger partial charge in [-0.1, -0.05) is 0 Å². The van der Waals surface area contributed by atoms with Crippen molar-refractivity contribution in [3.05, 3.63) is 11.8 Å². The number of anilines is 1. The number of nitrogens with zero attached hydrogens (tertiary/aromatic N) is 4. The summed E-state index contributed by atoms with van der Waals surface area (Å²) < 4.78 is 5.19. The van der Waals surface area contributed by atoms with E-state index in [4.69, 9.17) is 4.74 Å². The van der Waals surface area contributed by atoms with Crippen molar-refractivity contribution in [3.8, 4) is 6.01 Å². The Morgan fingerprint density at radius 2 is 2.05 bits per heavy atom. The van der Waals surface area contributed by atoms with Crippen LogP contribution in [0.3, 0.4) is 0 Å². The van der Waals surface area contributed by atoms with Gasteiger partial charge in [0, 0.05) is 36.8 Å². The van der Waals surface area contributed by atoms with E-state index in [0.29, 0.717) is 11.4 Å². The highest BCUT2D eigenvalue weighted by Crippen LogP contribution is 2.40. The number of aromatic nitrogens is 2. The lowest BCUT2D eigenvalue weighted by Crippen LogP contribution is -2.43. The number of hydrogen-bond acceptors (Lipinski definition) is 5. The van der Waals surface area contributed by atoms with Gasteiger partial charge in [0.2, 0.25) is 0 Å². The molecule has 3 heterocycles. The van der Waals surface area contributed by atoms with Crippen LogP contribution in [0.5, 0.6) is 6.01 Å². The van der Waals surface area contributed by atoms with E-state index in [2.05, 4.69) is 32.9 Å². The van der Waals surface area contributed by atoms with Gasteiger partial charge in [-0.15, -0.1) is 0 Å². The summed E-state index contributed by atoms with van der Waals surface area (Å²) in [5.74, 6) is 1.01. The first kappa shape index (κ1) is 13.6. The molecular weight excluding hydrogens is 252 g/mol. The molecule has 110 valence electrons. The summed E-state index contributed by atoms with van der Waals surface area (Å²) in [4.78, 5) is 13.7. The van der Waals surface area contributed by atoms with Crippen molar-refractivity contribution in [2.75, 3.05) is 45.2 Å². The van der Waals surface area contributed by atoms with Crippen molar-refractivity contribution in [1.29, 1.82) is 0 Å². The highest BCUT2D eigenvalue weighted by molar-refractivity contribution is 5.42. The van der Waals surface area contributed by atoms with Crippen molar-refractivity contribution >= 4 is 5.82 Å². The summed E-state index contributed by atoms with van der Waals surface area (Å²) in [6, 6.07) is 2.54. The fraction of sp³-hybridized carbons (Fsp3) is 0.733. The van der Waals surface area contributed by atoms with E-state index in [0.717, 1.165) is 24.6 Å². The Morgan fingerprint density at radius 3 is 2.80 bits per heavy atom. The van der Waals surface area contributed by atoms with E-state index in [9.17, 15) is 0 Å². The van der Waals surface area contributed by atoms with Crippen LogP contribution in [0.2, 0.25) is 0 Å². The molecule has 2 fully saturated rings. The number of piperidine rings is 1. The van der Waals surface area contributed by atoms with Crippen molar-refractivity contribution < 1.29 is 4.74 Å². The maximum atomic E-state index is 5.19. The lowest BCUT2D eigenvalue weighted by atomic mass is 9.79. The number of likely N-dealkylation sites (tertiary alicyclic amines) is 1. The summed E-state index contributed by atoms with van der Waals surface area (Å²) in [5, 5.41) is 0. The van der Waals surface area contributed by atoms with E-state index in [1.165, 1.54) is 32.4 Å². The fourth-order valence-electron chi connectivity index (χ4n) is 3.70. The molecule has 0 aromatic carbocycles. The van der Waals surface area contributed by atoms with E-state index in [1.807, 2.05) is 6.92 Å². The van der Waals surface area contributed by atoms with Crippen LogP contribution in [-0.4, -0.2) is 55.2 Å². The van der Waals surface area contributed by atoms with Gasteiger partial charge in [-0.2, -0.15) is 4.98 Å². The summed E-state index contributed by atoms with van der Waals surface area (Å²) in [5.41, 5.74) is 1.42. The van der Waals surface area contributed by atoms with E-state index >= 15 is 0 Å². The highest BCUT2D eigenvalue weighted by atomic mass is 16.5. The molecule has 1 unspecified atom stereocenters. The standard InChI is InChI=1S/C15H24N4O/c1-12-9-13(17-14(16-12)20-3)19-8-6-15(11-19)5-4-7-18(2)10-15/h9H,4-8,10-11H2,1-3H3. The van der Waals surface area contributed by atoms with Crippen LogP contribution in [0.15, 0.2) is 6.07 Å². The van der Waals surface area contributed by atoms with Gasteiger partial charge in [-0.25, -0.2) is 4.98 Å². The molecule has 0 N–H and O–H groups in total. The Kier molecular flexibility index (Phi) is 3.54. The molecule has 0 saturated carbocycles. The van der Waals surface area contributed by atoms with Crippen LogP contribution in [0.4, 0.5) is 5.82 Å². The smallest absolute Gasteiger partial charge is 0.318 e. The Balaban J connectivity index is 1.78. The molecule has 5 heteroatoms. The third-order valence-electron chi connectivity index (χ3n) is 4.62. The van der Waals surface area contributed by atoms with Crippen LogP contribution < -0.4 is 9.64 Å². The van der Waals surface area contributed by atoms with E-state index < -0.39 is 0 Å². The van der Waals surface area contributed by atoms with Crippen LogP contribution >= 0.6 is 0 Å². The van der Waals surface area contributed by atoms with Gasteiger partial charge in [-0.3, -0.25) is 0 Å². The fourth-order valence-corrected chi connectivity index (χ4v) is 3.70. The zero-order valence-electron chi connectivity index (χ0n) is 12.7. The number of aryl methyl sites for hydroxylation is 1. The largest absolute Gasteiger partial charge is 0.467 e. The quantitative estimate of drug-likeness (QED) is 0.822. The van der Waals surface area contributed by atoms with E-state index in [-0.39, 0.29) is 0 Å². The average molecular weight is 276 g/mol. The van der Waals surface area contributed by atoms with Gasteiger partial charge in [0.1, 0.15) is 5.82 Å². The number of hydrogen-bond donors (Lipinski definition) is 0. The molecule has 3 rings (SSSR count). The average Bonchev–Trinajstić information content (AvgIpc) is 2.81. The Bertz CT molecular complexity index is 493. The third kappa shape index (κ3) is 2.59. The first-order valence-electron chi connectivity index (χ1n) is 7.43. The number of rotatable bonds is 2. The summed E-state index contributed by atoms with van der Waals surface area (Å²) in [6.07, 6.45) is 3.92. The molecule has 1 spiro atoms. The number of ether oxygens (including phenoxy) is 1. The normalized spacial score (nSPS) is 27.2. The first-order chi connectivity index (χ1) is 9.60. The molecule has 0 aliphatic carbocycles.